The van der Waals surface area contributed by atoms with Crippen LogP contribution in [0.15, 0.2) is 41.0 Å². The SMILES string of the molecule is NNc1cc(Nc2cccc(Cl)c2Br)ccn1. The second-order valence-electron chi connectivity index (χ2n) is 3.30. The maximum Gasteiger partial charge on any atom is 0.141 e. The summed E-state index contributed by atoms with van der Waals surface area (Å²) in [6.45, 7) is 0. The Labute approximate surface area is 112 Å². The molecule has 0 atom stereocenters. The van der Waals surface area contributed by atoms with Gasteiger partial charge in [0.2, 0.25) is 0 Å². The van der Waals surface area contributed by atoms with Crippen LogP contribution in [0.5, 0.6) is 0 Å². The molecule has 0 fully saturated rings. The average Bonchev–Trinajstić information content (AvgIpc) is 2.35. The highest BCUT2D eigenvalue weighted by Gasteiger charge is 2.04. The van der Waals surface area contributed by atoms with Gasteiger partial charge in [-0.15, -0.1) is 0 Å². The van der Waals surface area contributed by atoms with Gasteiger partial charge >= 0.3 is 0 Å². The molecule has 1 heterocycles. The normalized spacial score (nSPS) is 10.1. The van der Waals surface area contributed by atoms with Crippen LogP contribution in [0.25, 0.3) is 0 Å². The summed E-state index contributed by atoms with van der Waals surface area (Å²) < 4.78 is 0.820. The van der Waals surface area contributed by atoms with Gasteiger partial charge in [-0.05, 0) is 34.1 Å². The molecule has 0 unspecified atom stereocenters. The third kappa shape index (κ3) is 2.88. The number of nitrogen functional groups attached to an aromatic ring is 1. The van der Waals surface area contributed by atoms with E-state index in [2.05, 4.69) is 31.7 Å². The molecule has 2 rings (SSSR count). The van der Waals surface area contributed by atoms with Crippen LogP contribution in [0.4, 0.5) is 17.2 Å². The number of hydrazine groups is 1. The number of hydrogen-bond acceptors (Lipinski definition) is 4. The largest absolute Gasteiger partial charge is 0.354 e. The van der Waals surface area contributed by atoms with Crippen molar-refractivity contribution in [3.05, 3.63) is 46.0 Å². The van der Waals surface area contributed by atoms with Crippen LogP contribution in [-0.2, 0) is 0 Å². The molecule has 0 aliphatic carbocycles. The molecule has 4 N–H and O–H groups in total. The molecule has 0 saturated carbocycles. The topological polar surface area (TPSA) is 63.0 Å². The summed E-state index contributed by atoms with van der Waals surface area (Å²) in [7, 11) is 0. The Morgan fingerprint density at radius 2 is 2.12 bits per heavy atom. The van der Waals surface area contributed by atoms with Crippen molar-refractivity contribution in [2.24, 2.45) is 5.84 Å². The van der Waals surface area contributed by atoms with Crippen LogP contribution in [0, 0.1) is 0 Å². The smallest absolute Gasteiger partial charge is 0.141 e. The molecule has 6 heteroatoms. The minimum absolute atomic E-state index is 0.591. The van der Waals surface area contributed by atoms with Crippen LogP contribution >= 0.6 is 27.5 Å². The van der Waals surface area contributed by atoms with Gasteiger partial charge in [-0.1, -0.05) is 17.7 Å². The molecule has 88 valence electrons. The summed E-state index contributed by atoms with van der Waals surface area (Å²) in [5, 5.41) is 3.87. The highest BCUT2D eigenvalue weighted by atomic mass is 79.9. The second-order valence-corrected chi connectivity index (χ2v) is 4.50. The molecule has 0 radical (unpaired) electrons. The molecule has 0 amide bonds. The fourth-order valence-electron chi connectivity index (χ4n) is 1.34. The van der Waals surface area contributed by atoms with Gasteiger partial charge in [-0.2, -0.15) is 0 Å². The minimum Gasteiger partial charge on any atom is -0.354 e. The first-order valence-electron chi connectivity index (χ1n) is 4.84. The summed E-state index contributed by atoms with van der Waals surface area (Å²) >= 11 is 9.43. The molecule has 0 spiro atoms. The van der Waals surface area contributed by atoms with E-state index < -0.39 is 0 Å². The Bertz CT molecular complexity index is 533. The molecular weight excluding hydrogens is 304 g/mol. The molecule has 0 aliphatic rings. The highest BCUT2D eigenvalue weighted by Crippen LogP contribution is 2.32. The Balaban J connectivity index is 2.28. The number of anilines is 3. The van der Waals surface area contributed by atoms with E-state index in [0.717, 1.165) is 15.8 Å². The van der Waals surface area contributed by atoms with Crippen LogP contribution < -0.4 is 16.6 Å². The number of nitrogens with two attached hydrogens (primary N) is 1. The Morgan fingerprint density at radius 1 is 1.29 bits per heavy atom. The standard InChI is InChI=1S/C11H10BrClN4/c12-11-8(13)2-1-3-9(11)16-7-4-5-15-10(6-7)17-14/h1-6H,14H2,(H2,15,16,17). The van der Waals surface area contributed by atoms with Crippen molar-refractivity contribution in [3.63, 3.8) is 0 Å². The number of nitrogens with zero attached hydrogens (tertiary/aromatic N) is 1. The third-order valence-corrected chi connectivity index (χ3v) is 3.54. The van der Waals surface area contributed by atoms with Crippen molar-refractivity contribution < 1.29 is 0 Å². The van der Waals surface area contributed by atoms with Crippen molar-refractivity contribution in [1.29, 1.82) is 0 Å². The summed E-state index contributed by atoms with van der Waals surface area (Å²) in [5.74, 6) is 5.89. The second kappa shape index (κ2) is 5.35. The van der Waals surface area contributed by atoms with E-state index in [4.69, 9.17) is 17.4 Å². The molecule has 4 nitrogen and oxygen atoms in total. The van der Waals surface area contributed by atoms with Crippen LogP contribution in [0.2, 0.25) is 5.02 Å². The van der Waals surface area contributed by atoms with E-state index in [1.54, 1.807) is 12.3 Å². The number of pyridine rings is 1. The molecule has 0 saturated heterocycles. The van der Waals surface area contributed by atoms with E-state index in [1.165, 1.54) is 0 Å². The van der Waals surface area contributed by atoms with Crippen molar-refractivity contribution in [2.75, 3.05) is 10.7 Å². The van der Waals surface area contributed by atoms with E-state index in [-0.39, 0.29) is 0 Å². The molecule has 1 aromatic heterocycles. The number of halogens is 2. The van der Waals surface area contributed by atoms with E-state index in [1.807, 2.05) is 24.3 Å². The van der Waals surface area contributed by atoms with Crippen molar-refractivity contribution >= 4 is 44.7 Å². The first-order valence-corrected chi connectivity index (χ1v) is 6.01. The lowest BCUT2D eigenvalue weighted by Crippen LogP contribution is -2.08. The fraction of sp³-hybridized carbons (Fsp3) is 0. The average molecular weight is 314 g/mol. The van der Waals surface area contributed by atoms with Crippen LogP contribution in [0.1, 0.15) is 0 Å². The zero-order valence-electron chi connectivity index (χ0n) is 8.74. The lowest BCUT2D eigenvalue weighted by molar-refractivity contribution is 1.23. The number of hydrogen-bond donors (Lipinski definition) is 3. The zero-order chi connectivity index (χ0) is 12.3. The van der Waals surface area contributed by atoms with E-state index in [9.17, 15) is 0 Å². The lowest BCUT2D eigenvalue weighted by Gasteiger charge is -2.10. The summed E-state index contributed by atoms with van der Waals surface area (Å²) in [5.41, 5.74) is 4.24. The molecular formula is C11H10BrClN4. The first-order chi connectivity index (χ1) is 8.20. The summed E-state index contributed by atoms with van der Waals surface area (Å²) in [4.78, 5) is 4.03. The van der Waals surface area contributed by atoms with E-state index >= 15 is 0 Å². The van der Waals surface area contributed by atoms with Crippen LogP contribution in [-0.4, -0.2) is 4.98 Å². The van der Waals surface area contributed by atoms with Gasteiger partial charge in [-0.3, -0.25) is 0 Å². The molecule has 0 aliphatic heterocycles. The summed E-state index contributed by atoms with van der Waals surface area (Å²) in [6, 6.07) is 9.25. The zero-order valence-corrected chi connectivity index (χ0v) is 11.1. The third-order valence-electron chi connectivity index (χ3n) is 2.14. The monoisotopic (exact) mass is 312 g/mol. The Hall–Kier alpha value is -1.30. The first kappa shape index (κ1) is 12.2. The summed E-state index contributed by atoms with van der Waals surface area (Å²) in [6.07, 6.45) is 1.66. The molecule has 2 aromatic rings. The predicted molar refractivity (Wildman–Crippen MR) is 74.5 cm³/mol. The fourth-order valence-corrected chi connectivity index (χ4v) is 1.88. The van der Waals surface area contributed by atoms with Gasteiger partial charge in [0.15, 0.2) is 0 Å². The van der Waals surface area contributed by atoms with Crippen molar-refractivity contribution in [3.8, 4) is 0 Å². The molecule has 0 bridgehead atoms. The Morgan fingerprint density at radius 3 is 2.88 bits per heavy atom. The number of aromatic nitrogens is 1. The van der Waals surface area contributed by atoms with Gasteiger partial charge in [-0.25, -0.2) is 10.8 Å². The lowest BCUT2D eigenvalue weighted by atomic mass is 10.3. The Kier molecular flexibility index (Phi) is 3.83. The number of benzene rings is 1. The molecule has 1 aromatic carbocycles. The molecule has 17 heavy (non-hydrogen) atoms. The van der Waals surface area contributed by atoms with Crippen LogP contribution in [0.3, 0.4) is 0 Å². The number of nitrogens with one attached hydrogen (secondary N) is 2. The van der Waals surface area contributed by atoms with Gasteiger partial charge < -0.3 is 10.7 Å². The van der Waals surface area contributed by atoms with E-state index in [0.29, 0.717) is 10.8 Å². The van der Waals surface area contributed by atoms with Crippen molar-refractivity contribution in [1.82, 2.24) is 4.98 Å². The van der Waals surface area contributed by atoms with Gasteiger partial charge in [0, 0.05) is 18.0 Å². The van der Waals surface area contributed by atoms with Gasteiger partial charge in [0.25, 0.3) is 0 Å². The van der Waals surface area contributed by atoms with Crippen molar-refractivity contribution in [2.45, 2.75) is 0 Å². The predicted octanol–water partition coefficient (Wildman–Crippen LogP) is 3.53. The quantitative estimate of drug-likeness (QED) is 0.599. The van der Waals surface area contributed by atoms with Gasteiger partial charge in [0.05, 0.1) is 15.2 Å². The highest BCUT2D eigenvalue weighted by molar-refractivity contribution is 9.10. The minimum atomic E-state index is 0.591. The maximum atomic E-state index is 6.01. The number of rotatable bonds is 3. The van der Waals surface area contributed by atoms with Gasteiger partial charge in [0.1, 0.15) is 5.82 Å². The maximum absolute atomic E-state index is 6.01.